The van der Waals surface area contributed by atoms with Crippen LogP contribution in [0.25, 0.3) is 22.2 Å². The molecule has 1 unspecified atom stereocenters. The van der Waals surface area contributed by atoms with E-state index in [9.17, 15) is 4.79 Å². The Labute approximate surface area is 282 Å². The molecule has 2 aliphatic heterocycles. The second-order valence-corrected chi connectivity index (χ2v) is 12.8. The molecule has 2 fully saturated rings. The van der Waals surface area contributed by atoms with Gasteiger partial charge in [0.25, 0.3) is 5.95 Å². The van der Waals surface area contributed by atoms with Crippen molar-refractivity contribution in [3.8, 4) is 17.0 Å². The van der Waals surface area contributed by atoms with Gasteiger partial charge in [-0.05, 0) is 62.7 Å². The molecule has 12 heteroatoms. The summed E-state index contributed by atoms with van der Waals surface area (Å²) < 4.78 is 6.30. The Hall–Kier alpha value is -4.78. The number of anilines is 1. The molecule has 4 heterocycles. The van der Waals surface area contributed by atoms with E-state index in [1.807, 2.05) is 45.3 Å². The minimum atomic E-state index is -0.0669. The molecule has 4 aromatic rings. The van der Waals surface area contributed by atoms with E-state index >= 15 is 0 Å². The molecule has 6 rings (SSSR count). The number of ether oxygens (including phenoxy) is 1. The van der Waals surface area contributed by atoms with Crippen molar-refractivity contribution in [1.82, 2.24) is 35.0 Å². The predicted molar refractivity (Wildman–Crippen MR) is 191 cm³/mol. The van der Waals surface area contributed by atoms with Gasteiger partial charge in [0.2, 0.25) is 5.91 Å². The lowest BCUT2D eigenvalue weighted by molar-refractivity contribution is -0.117. The highest BCUT2D eigenvalue weighted by Gasteiger charge is 2.26. The average Bonchev–Trinajstić information content (AvgIpc) is 3.71. The predicted octanol–water partition coefficient (Wildman–Crippen LogP) is 3.88. The fraction of sp³-hybridized carbons (Fsp3) is 0.389. The number of aromatic amines is 1. The summed E-state index contributed by atoms with van der Waals surface area (Å²) >= 11 is 0. The lowest BCUT2D eigenvalue weighted by Crippen LogP contribution is -2.43. The molecule has 1 atom stereocenters. The Balaban J connectivity index is 1.05. The Morgan fingerprint density at radius 3 is 2.69 bits per heavy atom. The molecule has 2 aromatic heterocycles. The number of benzene rings is 2. The molecule has 5 N–H and O–H groups in total. The summed E-state index contributed by atoms with van der Waals surface area (Å²) in [5.74, 6) is 1.40. The maximum absolute atomic E-state index is 13.2. The van der Waals surface area contributed by atoms with Gasteiger partial charge in [0.15, 0.2) is 0 Å². The molecule has 0 radical (unpaired) electrons. The summed E-state index contributed by atoms with van der Waals surface area (Å²) in [4.78, 5) is 37.0. The minimum absolute atomic E-state index is 0.0553. The van der Waals surface area contributed by atoms with Gasteiger partial charge in [-0.3, -0.25) is 14.6 Å². The number of amides is 1. The normalized spacial score (nSPS) is 18.4. The van der Waals surface area contributed by atoms with Gasteiger partial charge < -0.3 is 31.0 Å². The number of H-pyrrole nitrogens is 1. The molecule has 0 bridgehead atoms. The van der Waals surface area contributed by atoms with Crippen LogP contribution in [0.1, 0.15) is 24.5 Å². The first-order chi connectivity index (χ1) is 23.2. The van der Waals surface area contributed by atoms with Crippen molar-refractivity contribution in [2.24, 2.45) is 10.7 Å². The molecule has 2 aromatic carbocycles. The number of carbonyl (C=O) groups excluding carboxylic acids is 1. The monoisotopic (exact) mass is 650 g/mol. The van der Waals surface area contributed by atoms with Crippen LogP contribution in [-0.2, 0) is 11.3 Å². The number of likely N-dealkylation sites (N-methyl/N-ethyl adjacent to an activating group) is 1. The highest BCUT2D eigenvalue weighted by atomic mass is 16.5. The highest BCUT2D eigenvalue weighted by molar-refractivity contribution is 6.06. The molecule has 2 saturated heterocycles. The van der Waals surface area contributed by atoms with Crippen molar-refractivity contribution in [1.29, 1.82) is 0 Å². The van der Waals surface area contributed by atoms with Crippen LogP contribution in [0.15, 0.2) is 71.6 Å². The van der Waals surface area contributed by atoms with Crippen molar-refractivity contribution in [3.63, 3.8) is 0 Å². The highest BCUT2D eigenvalue weighted by Crippen LogP contribution is 2.33. The summed E-state index contributed by atoms with van der Waals surface area (Å²) in [6.07, 6.45) is 6.31. The number of aryl methyl sites for hydroxylation is 1. The number of hydrogen-bond acceptors (Lipinski definition) is 9. The van der Waals surface area contributed by atoms with E-state index in [1.165, 1.54) is 5.56 Å². The van der Waals surface area contributed by atoms with Gasteiger partial charge >= 0.3 is 0 Å². The van der Waals surface area contributed by atoms with E-state index in [2.05, 4.69) is 71.6 Å². The lowest BCUT2D eigenvalue weighted by atomic mass is 10.1. The number of rotatable bonds is 11. The number of aromatic nitrogens is 3. The van der Waals surface area contributed by atoms with Crippen LogP contribution in [0, 0.1) is 6.92 Å². The quantitative estimate of drug-likeness (QED) is 0.141. The number of piperazine rings is 1. The zero-order chi connectivity index (χ0) is 33.6. The van der Waals surface area contributed by atoms with Crippen LogP contribution in [0.4, 0.5) is 11.6 Å². The van der Waals surface area contributed by atoms with Gasteiger partial charge in [0.1, 0.15) is 17.7 Å². The summed E-state index contributed by atoms with van der Waals surface area (Å²) in [6.45, 7) is 11.1. The second kappa shape index (κ2) is 15.0. The van der Waals surface area contributed by atoms with Crippen molar-refractivity contribution in [3.05, 3.63) is 77.8 Å². The number of amidine groups is 1. The number of likely N-dealkylation sites (tertiary alicyclic amines) is 1. The third kappa shape index (κ3) is 8.19. The standard InChI is InChI=1S/C36H46N10O2/c1-24-19-40-36(42-32(37)18-25(2)38-3)43-34(24)30-20-39-35-29(30)6-5-7-31(35)41-33(47)23-46-13-12-28(22-46)48-27-10-8-26(9-11-27)21-45-16-14-44(4)15-17-45/h5-11,18-20,28,38-39H,12-17,21-23H2,1-4H3,(H,41,47)(H2,37,40,42,43)/b25-18-. The number of fused-ring (bicyclic) bond motifs is 1. The third-order valence-electron chi connectivity index (χ3n) is 9.02. The van der Waals surface area contributed by atoms with Crippen LogP contribution in [-0.4, -0.2) is 107 Å². The van der Waals surface area contributed by atoms with Crippen molar-refractivity contribution in [2.75, 3.05) is 65.2 Å². The van der Waals surface area contributed by atoms with E-state index in [4.69, 9.17) is 15.5 Å². The van der Waals surface area contributed by atoms with E-state index in [-0.39, 0.29) is 18.0 Å². The van der Waals surface area contributed by atoms with Crippen molar-refractivity contribution in [2.45, 2.75) is 32.9 Å². The Bertz CT molecular complexity index is 1790. The first kappa shape index (κ1) is 33.1. The van der Waals surface area contributed by atoms with Crippen molar-refractivity contribution < 1.29 is 9.53 Å². The SMILES string of the molecule is CN/C(C)=C\C(N)=N/c1ncc(C)c(-c2c[nH]c3c(NC(=O)CN4CCC(Oc5ccc(CN6CCN(C)CC6)cc5)C4)cccc23)n1. The number of para-hydroxylation sites is 1. The zero-order valence-corrected chi connectivity index (χ0v) is 28.3. The molecule has 2 aliphatic rings. The number of allylic oxidation sites excluding steroid dienone is 1. The van der Waals surface area contributed by atoms with Crippen molar-refractivity contribution >= 4 is 34.3 Å². The molecule has 0 saturated carbocycles. The minimum Gasteiger partial charge on any atom is -0.489 e. The van der Waals surface area contributed by atoms with E-state index < -0.39 is 0 Å². The number of hydrogen-bond donors (Lipinski definition) is 4. The molecule has 0 spiro atoms. The third-order valence-corrected chi connectivity index (χ3v) is 9.02. The topological polar surface area (TPSA) is 140 Å². The second-order valence-electron chi connectivity index (χ2n) is 12.8. The smallest absolute Gasteiger partial charge is 0.251 e. The molecular weight excluding hydrogens is 604 g/mol. The van der Waals surface area contributed by atoms with Gasteiger partial charge in [-0.2, -0.15) is 4.99 Å². The van der Waals surface area contributed by atoms with Crippen LogP contribution in [0.5, 0.6) is 5.75 Å². The number of aliphatic imine (C=N–C) groups is 1. The molecule has 1 amide bonds. The van der Waals surface area contributed by atoms with Gasteiger partial charge in [-0.15, -0.1) is 0 Å². The molecule has 48 heavy (non-hydrogen) atoms. The first-order valence-corrected chi connectivity index (χ1v) is 16.6. The fourth-order valence-corrected chi connectivity index (χ4v) is 6.22. The number of nitrogens with two attached hydrogens (primary N) is 1. The zero-order valence-electron chi connectivity index (χ0n) is 28.3. The Morgan fingerprint density at radius 2 is 1.92 bits per heavy atom. The maximum atomic E-state index is 13.2. The molecule has 12 nitrogen and oxygen atoms in total. The lowest BCUT2D eigenvalue weighted by Gasteiger charge is -2.32. The van der Waals surface area contributed by atoms with Crippen LogP contribution in [0.2, 0.25) is 0 Å². The summed E-state index contributed by atoms with van der Waals surface area (Å²) in [6, 6.07) is 14.3. The van der Waals surface area contributed by atoms with Crippen LogP contribution >= 0.6 is 0 Å². The fourth-order valence-electron chi connectivity index (χ4n) is 6.22. The van der Waals surface area contributed by atoms with Gasteiger partial charge in [0, 0.05) is 81.9 Å². The van der Waals surface area contributed by atoms with Gasteiger partial charge in [-0.1, -0.05) is 24.3 Å². The van der Waals surface area contributed by atoms with E-state index in [1.54, 1.807) is 12.3 Å². The average molecular weight is 651 g/mol. The molecule has 0 aliphatic carbocycles. The number of nitrogens with zero attached hydrogens (tertiary/aromatic N) is 6. The molecular formula is C36H46N10O2. The van der Waals surface area contributed by atoms with E-state index in [0.717, 1.165) is 84.9 Å². The summed E-state index contributed by atoms with van der Waals surface area (Å²) in [5.41, 5.74) is 12.3. The number of nitrogens with one attached hydrogen (secondary N) is 3. The van der Waals surface area contributed by atoms with E-state index in [0.29, 0.717) is 24.6 Å². The van der Waals surface area contributed by atoms with Gasteiger partial charge in [0.05, 0.1) is 23.4 Å². The van der Waals surface area contributed by atoms with Crippen LogP contribution < -0.4 is 21.1 Å². The van der Waals surface area contributed by atoms with Gasteiger partial charge in [-0.25, -0.2) is 9.97 Å². The number of carbonyl (C=O) groups is 1. The first-order valence-electron chi connectivity index (χ1n) is 16.6. The van der Waals surface area contributed by atoms with Crippen LogP contribution in [0.3, 0.4) is 0 Å². The maximum Gasteiger partial charge on any atom is 0.251 e. The Kier molecular flexibility index (Phi) is 10.3. The summed E-state index contributed by atoms with van der Waals surface area (Å²) in [5, 5.41) is 7.07. The summed E-state index contributed by atoms with van der Waals surface area (Å²) in [7, 11) is 4.00. The Morgan fingerprint density at radius 1 is 1.12 bits per heavy atom. The largest absolute Gasteiger partial charge is 0.489 e. The molecule has 252 valence electrons.